The molecule has 1 N–H and O–H groups in total. The number of benzene rings is 4. The quantitative estimate of drug-likeness (QED) is 0.294. The van der Waals surface area contributed by atoms with Gasteiger partial charge in [0.15, 0.2) is 0 Å². The van der Waals surface area contributed by atoms with E-state index in [1.165, 1.54) is 55.2 Å². The number of nitrogens with one attached hydrogen (secondary N) is 1. The number of H-pyrrole nitrogens is 1. The highest BCUT2D eigenvalue weighted by Gasteiger charge is 2.20. The van der Waals surface area contributed by atoms with Gasteiger partial charge in [-0.05, 0) is 52.4 Å². The predicted molar refractivity (Wildman–Crippen MR) is 137 cm³/mol. The average molecular weight is 415 g/mol. The number of fused-ring (bicyclic) bond motifs is 5. The molecule has 0 unspecified atom stereocenters. The third kappa shape index (κ3) is 2.87. The lowest BCUT2D eigenvalue weighted by Gasteiger charge is -2.19. The van der Waals surface area contributed by atoms with Crippen LogP contribution >= 0.6 is 0 Å². The van der Waals surface area contributed by atoms with Crippen LogP contribution in [-0.4, -0.2) is 9.55 Å². The van der Waals surface area contributed by atoms with E-state index in [0.29, 0.717) is 0 Å². The Hall–Kier alpha value is -3.78. The molecular formula is C30H26N2. The molecule has 0 aliphatic rings. The maximum absolute atomic E-state index is 3.71. The van der Waals surface area contributed by atoms with Crippen LogP contribution in [0.2, 0.25) is 0 Å². The summed E-state index contributed by atoms with van der Waals surface area (Å²) in [5, 5.41) is 2.53. The number of aromatic amines is 1. The van der Waals surface area contributed by atoms with Crippen LogP contribution in [0.1, 0.15) is 26.3 Å². The number of para-hydroxylation sites is 1. The van der Waals surface area contributed by atoms with Gasteiger partial charge in [0, 0.05) is 22.0 Å². The molecule has 2 aromatic heterocycles. The van der Waals surface area contributed by atoms with Crippen LogP contribution in [0.4, 0.5) is 0 Å². The first kappa shape index (κ1) is 18.9. The van der Waals surface area contributed by atoms with E-state index in [4.69, 9.17) is 0 Å². The summed E-state index contributed by atoms with van der Waals surface area (Å²) in [5.41, 5.74) is 9.96. The summed E-state index contributed by atoms with van der Waals surface area (Å²) < 4.78 is 2.41. The molecule has 2 nitrogen and oxygen atoms in total. The molecule has 6 aromatic rings. The lowest BCUT2D eigenvalue weighted by molar-refractivity contribution is 0.591. The predicted octanol–water partition coefficient (Wildman–Crippen LogP) is 8.23. The van der Waals surface area contributed by atoms with E-state index in [1.807, 2.05) is 0 Å². The third-order valence-electron chi connectivity index (χ3n) is 6.51. The molecule has 0 saturated heterocycles. The average Bonchev–Trinajstić information content (AvgIpc) is 3.33. The Balaban J connectivity index is 1.64. The Morgan fingerprint density at radius 1 is 0.656 bits per heavy atom. The largest absolute Gasteiger partial charge is 0.353 e. The number of rotatable bonds is 2. The monoisotopic (exact) mass is 414 g/mol. The Bertz CT molecular complexity index is 1570. The zero-order valence-corrected chi connectivity index (χ0v) is 18.7. The highest BCUT2D eigenvalue weighted by atomic mass is 15.0. The van der Waals surface area contributed by atoms with Gasteiger partial charge in [0.2, 0.25) is 0 Å². The first-order valence-electron chi connectivity index (χ1n) is 11.2. The number of nitrogens with zero attached hydrogens (tertiary/aromatic N) is 1. The molecule has 156 valence electrons. The lowest BCUT2D eigenvalue weighted by Crippen LogP contribution is -2.10. The van der Waals surface area contributed by atoms with Gasteiger partial charge in [0.25, 0.3) is 0 Å². The van der Waals surface area contributed by atoms with Crippen LogP contribution in [0.15, 0.2) is 97.1 Å². The number of hydrogen-bond donors (Lipinski definition) is 1. The Morgan fingerprint density at radius 2 is 1.34 bits per heavy atom. The van der Waals surface area contributed by atoms with Crippen molar-refractivity contribution in [3.05, 3.63) is 103 Å². The standard InChI is InChI=1S/C30H26N2/c1-30(2,3)22-15-18-26-25(19-22)29-28(31-26)24-11-7-8-12-27(24)32(29)23-16-13-21(14-17-23)20-9-5-4-6-10-20/h4-19,31H,1-3H3. The molecule has 0 fully saturated rings. The topological polar surface area (TPSA) is 20.7 Å². The smallest absolute Gasteiger partial charge is 0.0798 e. The second-order valence-corrected chi connectivity index (χ2v) is 9.62. The number of aromatic nitrogens is 2. The van der Waals surface area contributed by atoms with E-state index in [2.05, 4.69) is 127 Å². The van der Waals surface area contributed by atoms with Gasteiger partial charge >= 0.3 is 0 Å². The second-order valence-electron chi connectivity index (χ2n) is 9.62. The van der Waals surface area contributed by atoms with Gasteiger partial charge in [0.05, 0.1) is 16.6 Å². The molecule has 32 heavy (non-hydrogen) atoms. The zero-order chi connectivity index (χ0) is 21.9. The second kappa shape index (κ2) is 6.86. The van der Waals surface area contributed by atoms with Gasteiger partial charge in [-0.1, -0.05) is 87.5 Å². The van der Waals surface area contributed by atoms with Crippen molar-refractivity contribution in [3.8, 4) is 16.8 Å². The van der Waals surface area contributed by atoms with Gasteiger partial charge in [-0.25, -0.2) is 0 Å². The maximum Gasteiger partial charge on any atom is 0.0798 e. The molecule has 2 heteroatoms. The molecule has 4 aromatic carbocycles. The normalized spacial score (nSPS) is 12.2. The molecule has 0 amide bonds. The minimum Gasteiger partial charge on any atom is -0.353 e. The van der Waals surface area contributed by atoms with Crippen molar-refractivity contribution >= 4 is 32.8 Å². The van der Waals surface area contributed by atoms with Crippen LogP contribution in [0.3, 0.4) is 0 Å². The summed E-state index contributed by atoms with van der Waals surface area (Å²) in [7, 11) is 0. The van der Waals surface area contributed by atoms with Gasteiger partial charge in [0.1, 0.15) is 0 Å². The van der Waals surface area contributed by atoms with Gasteiger partial charge in [-0.3, -0.25) is 0 Å². The van der Waals surface area contributed by atoms with Gasteiger partial charge < -0.3 is 9.55 Å². The Labute approximate surface area is 188 Å². The molecule has 0 aliphatic heterocycles. The number of hydrogen-bond acceptors (Lipinski definition) is 0. The van der Waals surface area contributed by atoms with Crippen LogP contribution in [-0.2, 0) is 5.41 Å². The summed E-state index contributed by atoms with van der Waals surface area (Å²) in [6.45, 7) is 6.82. The van der Waals surface area contributed by atoms with E-state index < -0.39 is 0 Å². The van der Waals surface area contributed by atoms with E-state index in [0.717, 1.165) is 0 Å². The van der Waals surface area contributed by atoms with E-state index in [-0.39, 0.29) is 5.41 Å². The SMILES string of the molecule is CC(C)(C)c1ccc2[nH]c3c4ccccc4n(-c4ccc(-c5ccccc5)cc4)c3c2c1. The molecule has 0 saturated carbocycles. The Kier molecular flexibility index (Phi) is 4.06. The van der Waals surface area contributed by atoms with Crippen LogP contribution in [0, 0.1) is 0 Å². The van der Waals surface area contributed by atoms with Crippen molar-refractivity contribution in [1.29, 1.82) is 0 Å². The van der Waals surface area contributed by atoms with Gasteiger partial charge in [-0.2, -0.15) is 0 Å². The van der Waals surface area contributed by atoms with E-state index in [1.54, 1.807) is 0 Å². The van der Waals surface area contributed by atoms with Crippen molar-refractivity contribution in [2.24, 2.45) is 0 Å². The fourth-order valence-electron chi connectivity index (χ4n) is 4.77. The van der Waals surface area contributed by atoms with E-state index in [9.17, 15) is 0 Å². The molecular weight excluding hydrogens is 388 g/mol. The summed E-state index contributed by atoms with van der Waals surface area (Å²) in [4.78, 5) is 3.71. The molecule has 2 heterocycles. The summed E-state index contributed by atoms with van der Waals surface area (Å²) in [6.07, 6.45) is 0. The van der Waals surface area contributed by atoms with Crippen LogP contribution in [0.25, 0.3) is 49.7 Å². The van der Waals surface area contributed by atoms with Gasteiger partial charge in [-0.15, -0.1) is 0 Å². The molecule has 6 rings (SSSR count). The van der Waals surface area contributed by atoms with Crippen molar-refractivity contribution in [2.75, 3.05) is 0 Å². The lowest BCUT2D eigenvalue weighted by atomic mass is 9.86. The van der Waals surface area contributed by atoms with Crippen molar-refractivity contribution < 1.29 is 0 Å². The minimum atomic E-state index is 0.103. The fourth-order valence-corrected chi connectivity index (χ4v) is 4.77. The first-order valence-corrected chi connectivity index (χ1v) is 11.2. The minimum absolute atomic E-state index is 0.103. The molecule has 0 atom stereocenters. The molecule has 0 bridgehead atoms. The Morgan fingerprint density at radius 3 is 2.09 bits per heavy atom. The third-order valence-corrected chi connectivity index (χ3v) is 6.51. The summed E-state index contributed by atoms with van der Waals surface area (Å²) in [5.74, 6) is 0. The molecule has 0 spiro atoms. The van der Waals surface area contributed by atoms with Crippen LogP contribution in [0.5, 0.6) is 0 Å². The molecule has 0 aliphatic carbocycles. The van der Waals surface area contributed by atoms with Crippen LogP contribution < -0.4 is 0 Å². The van der Waals surface area contributed by atoms with E-state index >= 15 is 0 Å². The zero-order valence-electron chi connectivity index (χ0n) is 18.7. The fraction of sp³-hybridized carbons (Fsp3) is 0.133. The summed E-state index contributed by atoms with van der Waals surface area (Å²) >= 11 is 0. The van der Waals surface area contributed by atoms with Crippen molar-refractivity contribution in [2.45, 2.75) is 26.2 Å². The van der Waals surface area contributed by atoms with Crippen molar-refractivity contribution in [3.63, 3.8) is 0 Å². The molecule has 0 radical (unpaired) electrons. The summed E-state index contributed by atoms with van der Waals surface area (Å²) in [6, 6.07) is 35.0. The highest BCUT2D eigenvalue weighted by Crippen LogP contribution is 2.38. The maximum atomic E-state index is 3.71. The van der Waals surface area contributed by atoms with Crippen molar-refractivity contribution in [1.82, 2.24) is 9.55 Å². The first-order chi connectivity index (χ1) is 15.5. The highest BCUT2D eigenvalue weighted by molar-refractivity contribution is 6.18.